The van der Waals surface area contributed by atoms with Crippen LogP contribution in [0.15, 0.2) is 22.8 Å². The molecule has 2 rings (SSSR count). The van der Waals surface area contributed by atoms with Crippen molar-refractivity contribution in [3.05, 3.63) is 22.8 Å². The van der Waals surface area contributed by atoms with E-state index in [1.54, 1.807) is 0 Å². The molecular formula is C12H18BrN3. The molecular weight excluding hydrogens is 266 g/mol. The highest BCUT2D eigenvalue weighted by molar-refractivity contribution is 9.10. The van der Waals surface area contributed by atoms with E-state index in [4.69, 9.17) is 0 Å². The normalized spacial score (nSPS) is 15.4. The second-order valence-electron chi connectivity index (χ2n) is 4.13. The van der Waals surface area contributed by atoms with Crippen LogP contribution in [0.3, 0.4) is 0 Å². The van der Waals surface area contributed by atoms with Crippen LogP contribution in [-0.4, -0.2) is 35.6 Å². The van der Waals surface area contributed by atoms with Gasteiger partial charge < -0.3 is 5.32 Å². The molecule has 1 fully saturated rings. The minimum Gasteiger partial charge on any atom is -0.369 e. The molecule has 0 unspecified atom stereocenters. The summed E-state index contributed by atoms with van der Waals surface area (Å²) in [7, 11) is 0. The molecule has 0 aliphatic heterocycles. The molecule has 1 saturated carbocycles. The summed E-state index contributed by atoms with van der Waals surface area (Å²) in [5.41, 5.74) is 0. The molecule has 16 heavy (non-hydrogen) atoms. The Morgan fingerprint density at radius 1 is 1.50 bits per heavy atom. The van der Waals surface area contributed by atoms with Crippen molar-refractivity contribution in [1.82, 2.24) is 9.88 Å². The fourth-order valence-electron chi connectivity index (χ4n) is 1.87. The molecule has 0 atom stereocenters. The van der Waals surface area contributed by atoms with E-state index in [1.807, 2.05) is 18.2 Å². The van der Waals surface area contributed by atoms with E-state index < -0.39 is 0 Å². The highest BCUT2D eigenvalue weighted by Gasteiger charge is 2.26. The van der Waals surface area contributed by atoms with Crippen molar-refractivity contribution in [3.63, 3.8) is 0 Å². The Kier molecular flexibility index (Phi) is 4.18. The van der Waals surface area contributed by atoms with Crippen LogP contribution in [0, 0.1) is 0 Å². The van der Waals surface area contributed by atoms with Crippen LogP contribution in [0.4, 0.5) is 5.82 Å². The van der Waals surface area contributed by atoms with Crippen LogP contribution >= 0.6 is 15.9 Å². The third-order valence-corrected chi connectivity index (χ3v) is 3.33. The van der Waals surface area contributed by atoms with Gasteiger partial charge in [-0.15, -0.1) is 0 Å². The zero-order valence-corrected chi connectivity index (χ0v) is 11.2. The topological polar surface area (TPSA) is 28.2 Å². The van der Waals surface area contributed by atoms with Crippen LogP contribution < -0.4 is 5.32 Å². The fraction of sp³-hybridized carbons (Fsp3) is 0.583. The number of pyridine rings is 1. The zero-order chi connectivity index (χ0) is 11.4. The van der Waals surface area contributed by atoms with E-state index in [2.05, 4.69) is 38.1 Å². The van der Waals surface area contributed by atoms with Gasteiger partial charge in [0.1, 0.15) is 10.4 Å². The number of nitrogens with zero attached hydrogens (tertiary/aromatic N) is 2. The Balaban J connectivity index is 1.74. The van der Waals surface area contributed by atoms with Gasteiger partial charge in [0, 0.05) is 19.1 Å². The Labute approximate surface area is 105 Å². The minimum atomic E-state index is 0.849. The lowest BCUT2D eigenvalue weighted by Crippen LogP contribution is -2.31. The number of hydrogen-bond donors (Lipinski definition) is 1. The number of likely N-dealkylation sites (N-methyl/N-ethyl adjacent to an activating group) is 1. The van der Waals surface area contributed by atoms with Crippen molar-refractivity contribution in [1.29, 1.82) is 0 Å². The second-order valence-corrected chi connectivity index (χ2v) is 4.94. The van der Waals surface area contributed by atoms with E-state index in [9.17, 15) is 0 Å². The first-order valence-corrected chi connectivity index (χ1v) is 6.69. The summed E-state index contributed by atoms with van der Waals surface area (Å²) in [6, 6.07) is 6.78. The third-order valence-electron chi connectivity index (χ3n) is 2.89. The number of anilines is 1. The number of nitrogens with one attached hydrogen (secondary N) is 1. The van der Waals surface area contributed by atoms with Crippen molar-refractivity contribution in [2.45, 2.75) is 25.8 Å². The minimum absolute atomic E-state index is 0.849. The third kappa shape index (κ3) is 3.46. The van der Waals surface area contributed by atoms with Gasteiger partial charge in [-0.3, -0.25) is 4.90 Å². The predicted octanol–water partition coefficient (Wildman–Crippen LogP) is 2.74. The van der Waals surface area contributed by atoms with Crippen LogP contribution in [0.2, 0.25) is 0 Å². The van der Waals surface area contributed by atoms with E-state index in [0.29, 0.717) is 0 Å². The maximum atomic E-state index is 4.34. The van der Waals surface area contributed by atoms with E-state index in [-0.39, 0.29) is 0 Å². The second kappa shape index (κ2) is 5.64. The molecule has 3 nitrogen and oxygen atoms in total. The van der Waals surface area contributed by atoms with Crippen LogP contribution in [0.1, 0.15) is 19.8 Å². The molecule has 1 aliphatic rings. The Bertz CT molecular complexity index is 339. The Morgan fingerprint density at radius 2 is 2.31 bits per heavy atom. The average Bonchev–Trinajstić information content (AvgIpc) is 3.08. The molecule has 0 spiro atoms. The van der Waals surface area contributed by atoms with Gasteiger partial charge >= 0.3 is 0 Å². The van der Waals surface area contributed by atoms with Gasteiger partial charge in [0.25, 0.3) is 0 Å². The molecule has 88 valence electrons. The zero-order valence-electron chi connectivity index (χ0n) is 9.62. The lowest BCUT2D eigenvalue weighted by molar-refractivity contribution is 0.289. The SMILES string of the molecule is CCN(CCNc1cccc(Br)n1)C1CC1. The maximum Gasteiger partial charge on any atom is 0.127 e. The number of halogens is 1. The van der Waals surface area contributed by atoms with Gasteiger partial charge in [-0.1, -0.05) is 13.0 Å². The standard InChI is InChI=1S/C12H18BrN3/c1-2-16(10-6-7-10)9-8-14-12-5-3-4-11(13)15-12/h3-5,10H,2,6-9H2,1H3,(H,14,15). The van der Waals surface area contributed by atoms with Crippen molar-refractivity contribution < 1.29 is 0 Å². The molecule has 1 aliphatic carbocycles. The molecule has 0 amide bonds. The molecule has 1 aromatic heterocycles. The molecule has 1 aromatic rings. The predicted molar refractivity (Wildman–Crippen MR) is 70.7 cm³/mol. The highest BCUT2D eigenvalue weighted by Crippen LogP contribution is 2.25. The summed E-state index contributed by atoms with van der Waals surface area (Å²) in [5.74, 6) is 0.946. The summed E-state index contributed by atoms with van der Waals surface area (Å²) in [6.07, 6.45) is 2.76. The molecule has 1 heterocycles. The van der Waals surface area contributed by atoms with Gasteiger partial charge in [0.05, 0.1) is 0 Å². The van der Waals surface area contributed by atoms with Crippen molar-refractivity contribution in [2.24, 2.45) is 0 Å². The quantitative estimate of drug-likeness (QED) is 0.814. The van der Waals surface area contributed by atoms with Crippen LogP contribution in [0.5, 0.6) is 0 Å². The summed E-state index contributed by atoms with van der Waals surface area (Å²) >= 11 is 3.37. The number of rotatable bonds is 6. The molecule has 0 bridgehead atoms. The van der Waals surface area contributed by atoms with Gasteiger partial charge in [-0.05, 0) is 47.4 Å². The number of hydrogen-bond acceptors (Lipinski definition) is 3. The van der Waals surface area contributed by atoms with E-state index in [1.165, 1.54) is 12.8 Å². The maximum absolute atomic E-state index is 4.34. The molecule has 0 saturated heterocycles. The first-order valence-electron chi connectivity index (χ1n) is 5.90. The number of aromatic nitrogens is 1. The lowest BCUT2D eigenvalue weighted by atomic mass is 10.4. The van der Waals surface area contributed by atoms with Crippen LogP contribution in [0.25, 0.3) is 0 Å². The molecule has 4 heteroatoms. The lowest BCUT2D eigenvalue weighted by Gasteiger charge is -2.19. The van der Waals surface area contributed by atoms with Gasteiger partial charge in [-0.25, -0.2) is 4.98 Å². The van der Waals surface area contributed by atoms with Gasteiger partial charge in [0.15, 0.2) is 0 Å². The van der Waals surface area contributed by atoms with E-state index >= 15 is 0 Å². The first kappa shape index (κ1) is 11.9. The van der Waals surface area contributed by atoms with E-state index in [0.717, 1.165) is 36.1 Å². The van der Waals surface area contributed by atoms with Crippen molar-refractivity contribution in [2.75, 3.05) is 25.0 Å². The van der Waals surface area contributed by atoms with Crippen molar-refractivity contribution in [3.8, 4) is 0 Å². The average molecular weight is 284 g/mol. The smallest absolute Gasteiger partial charge is 0.127 e. The molecule has 0 aromatic carbocycles. The fourth-order valence-corrected chi connectivity index (χ4v) is 2.22. The molecule has 0 radical (unpaired) electrons. The summed E-state index contributed by atoms with van der Waals surface area (Å²) in [4.78, 5) is 6.88. The monoisotopic (exact) mass is 283 g/mol. The van der Waals surface area contributed by atoms with Gasteiger partial charge in [-0.2, -0.15) is 0 Å². The molecule has 1 N–H and O–H groups in total. The summed E-state index contributed by atoms with van der Waals surface area (Å²) < 4.78 is 0.882. The Hall–Kier alpha value is -0.610. The summed E-state index contributed by atoms with van der Waals surface area (Å²) in [5, 5.41) is 3.35. The largest absolute Gasteiger partial charge is 0.369 e. The van der Waals surface area contributed by atoms with Crippen LogP contribution in [-0.2, 0) is 0 Å². The Morgan fingerprint density at radius 3 is 2.94 bits per heavy atom. The highest BCUT2D eigenvalue weighted by atomic mass is 79.9. The summed E-state index contributed by atoms with van der Waals surface area (Å²) in [6.45, 7) is 5.46. The first-order chi connectivity index (χ1) is 7.79. The van der Waals surface area contributed by atoms with Gasteiger partial charge in [0.2, 0.25) is 0 Å². The van der Waals surface area contributed by atoms with Crippen molar-refractivity contribution >= 4 is 21.7 Å².